The van der Waals surface area contributed by atoms with Crippen LogP contribution in [0.2, 0.25) is 0 Å². The first kappa shape index (κ1) is 15.0. The van der Waals surface area contributed by atoms with Gasteiger partial charge in [0.1, 0.15) is 5.75 Å². The summed E-state index contributed by atoms with van der Waals surface area (Å²) in [7, 11) is 1.71. The summed E-state index contributed by atoms with van der Waals surface area (Å²) in [6.45, 7) is 1.38. The van der Waals surface area contributed by atoms with E-state index in [1.54, 1.807) is 7.11 Å². The maximum absolute atomic E-state index is 13.1. The Bertz CT molecular complexity index is 594. The summed E-state index contributed by atoms with van der Waals surface area (Å²) in [5.74, 6) is 1.65. The van der Waals surface area contributed by atoms with Crippen LogP contribution < -0.4 is 4.74 Å². The van der Waals surface area contributed by atoms with E-state index in [2.05, 4.69) is 11.0 Å². The molecule has 124 valence electrons. The molecule has 2 atom stereocenters. The van der Waals surface area contributed by atoms with Crippen LogP contribution in [0.4, 0.5) is 0 Å². The van der Waals surface area contributed by atoms with Gasteiger partial charge in [-0.15, -0.1) is 0 Å². The second-order valence-electron chi connectivity index (χ2n) is 6.99. The minimum atomic E-state index is 0.162. The van der Waals surface area contributed by atoms with Crippen molar-refractivity contribution in [2.75, 3.05) is 20.3 Å². The lowest BCUT2D eigenvalue weighted by Crippen LogP contribution is -2.54. The van der Waals surface area contributed by atoms with E-state index in [9.17, 15) is 4.79 Å². The van der Waals surface area contributed by atoms with Gasteiger partial charge in [-0.1, -0.05) is 12.8 Å². The number of nitrogens with zero attached hydrogens (tertiary/aromatic N) is 1. The summed E-state index contributed by atoms with van der Waals surface area (Å²) >= 11 is 0. The van der Waals surface area contributed by atoms with Crippen molar-refractivity contribution >= 4 is 5.91 Å². The number of hydrogen-bond donors (Lipinski definition) is 0. The smallest absolute Gasteiger partial charge is 0.254 e. The van der Waals surface area contributed by atoms with Crippen LogP contribution in [0, 0.1) is 0 Å². The number of carbonyl (C=O) groups is 1. The molecule has 1 aliphatic heterocycles. The molecule has 1 amide bonds. The largest absolute Gasteiger partial charge is 0.496 e. The predicted octanol–water partition coefficient (Wildman–Crippen LogP) is 3.36. The molecule has 3 fully saturated rings. The van der Waals surface area contributed by atoms with Gasteiger partial charge >= 0.3 is 0 Å². The fraction of sp³-hybridized carbons (Fsp3) is 0.632. The molecule has 23 heavy (non-hydrogen) atoms. The molecule has 0 spiro atoms. The number of rotatable bonds is 3. The Labute approximate surface area is 137 Å². The van der Waals surface area contributed by atoms with Crippen LogP contribution >= 0.6 is 0 Å². The molecule has 2 saturated carbocycles. The highest BCUT2D eigenvalue weighted by Gasteiger charge is 2.37. The Morgan fingerprint density at radius 2 is 2.04 bits per heavy atom. The maximum Gasteiger partial charge on any atom is 0.254 e. The molecule has 0 N–H and O–H groups in total. The van der Waals surface area contributed by atoms with Crippen molar-refractivity contribution in [1.29, 1.82) is 0 Å². The zero-order chi connectivity index (χ0) is 15.8. The number of hydrogen-bond acceptors (Lipinski definition) is 3. The average molecular weight is 315 g/mol. The molecule has 3 aliphatic rings. The van der Waals surface area contributed by atoms with E-state index in [0.29, 0.717) is 19.1 Å². The summed E-state index contributed by atoms with van der Waals surface area (Å²) in [6.07, 6.45) is 7.23. The van der Waals surface area contributed by atoms with Gasteiger partial charge in [-0.2, -0.15) is 0 Å². The Hall–Kier alpha value is -1.55. The van der Waals surface area contributed by atoms with Crippen LogP contribution in [0.3, 0.4) is 0 Å². The molecule has 1 heterocycles. The second-order valence-corrected chi connectivity index (χ2v) is 6.99. The molecule has 0 radical (unpaired) electrons. The SMILES string of the molecule is COc1ccc(C(=O)N2CCO[C@@H]3CCCC[C@@H]32)cc1C1CC1. The highest BCUT2D eigenvalue weighted by Crippen LogP contribution is 2.44. The van der Waals surface area contributed by atoms with Gasteiger partial charge in [-0.25, -0.2) is 0 Å². The Kier molecular flexibility index (Phi) is 4.02. The summed E-state index contributed by atoms with van der Waals surface area (Å²) in [6, 6.07) is 6.20. The summed E-state index contributed by atoms with van der Waals surface area (Å²) < 4.78 is 11.4. The van der Waals surface area contributed by atoms with Crippen LogP contribution in [0.5, 0.6) is 5.75 Å². The monoisotopic (exact) mass is 315 g/mol. The molecule has 4 rings (SSSR count). The van der Waals surface area contributed by atoms with Crippen molar-refractivity contribution in [3.05, 3.63) is 29.3 Å². The zero-order valence-electron chi connectivity index (χ0n) is 13.8. The van der Waals surface area contributed by atoms with Gasteiger partial charge in [0.05, 0.1) is 25.9 Å². The first-order valence-electron chi connectivity index (χ1n) is 8.88. The lowest BCUT2D eigenvalue weighted by atomic mass is 9.89. The van der Waals surface area contributed by atoms with Crippen molar-refractivity contribution in [3.63, 3.8) is 0 Å². The number of benzene rings is 1. The Balaban J connectivity index is 1.59. The van der Waals surface area contributed by atoms with E-state index in [1.165, 1.54) is 31.2 Å². The van der Waals surface area contributed by atoms with E-state index < -0.39 is 0 Å². The second kappa shape index (κ2) is 6.16. The zero-order valence-corrected chi connectivity index (χ0v) is 13.8. The van der Waals surface area contributed by atoms with E-state index in [1.807, 2.05) is 12.1 Å². The van der Waals surface area contributed by atoms with E-state index in [0.717, 1.165) is 24.2 Å². The highest BCUT2D eigenvalue weighted by atomic mass is 16.5. The van der Waals surface area contributed by atoms with Crippen LogP contribution in [-0.4, -0.2) is 43.2 Å². The lowest BCUT2D eigenvalue weighted by molar-refractivity contribution is -0.0752. The van der Waals surface area contributed by atoms with Gasteiger partial charge in [0, 0.05) is 12.1 Å². The van der Waals surface area contributed by atoms with Crippen molar-refractivity contribution in [2.45, 2.75) is 56.6 Å². The molecule has 1 aromatic rings. The van der Waals surface area contributed by atoms with Crippen LogP contribution in [0.1, 0.15) is 60.4 Å². The first-order chi connectivity index (χ1) is 11.3. The first-order valence-corrected chi connectivity index (χ1v) is 8.88. The lowest BCUT2D eigenvalue weighted by Gasteiger charge is -2.43. The third-order valence-corrected chi connectivity index (χ3v) is 5.49. The van der Waals surface area contributed by atoms with Gasteiger partial charge in [0.25, 0.3) is 5.91 Å². The normalized spacial score (nSPS) is 27.4. The highest BCUT2D eigenvalue weighted by molar-refractivity contribution is 5.95. The van der Waals surface area contributed by atoms with Crippen molar-refractivity contribution in [3.8, 4) is 5.75 Å². The molecular formula is C19H25NO3. The third-order valence-electron chi connectivity index (χ3n) is 5.49. The van der Waals surface area contributed by atoms with Crippen molar-refractivity contribution in [1.82, 2.24) is 4.90 Å². The molecule has 4 nitrogen and oxygen atoms in total. The summed E-state index contributed by atoms with van der Waals surface area (Å²) in [5, 5.41) is 0. The molecular weight excluding hydrogens is 290 g/mol. The van der Waals surface area contributed by atoms with E-state index in [4.69, 9.17) is 9.47 Å². The fourth-order valence-electron chi connectivity index (χ4n) is 4.10. The topological polar surface area (TPSA) is 38.8 Å². The third kappa shape index (κ3) is 2.85. The minimum absolute atomic E-state index is 0.162. The number of fused-ring (bicyclic) bond motifs is 1. The van der Waals surface area contributed by atoms with Crippen molar-refractivity contribution < 1.29 is 14.3 Å². The molecule has 2 aliphatic carbocycles. The Morgan fingerprint density at radius 1 is 1.22 bits per heavy atom. The number of amides is 1. The van der Waals surface area contributed by atoms with Gasteiger partial charge in [0.15, 0.2) is 0 Å². The quantitative estimate of drug-likeness (QED) is 0.858. The van der Waals surface area contributed by atoms with Gasteiger partial charge < -0.3 is 14.4 Å². The Morgan fingerprint density at radius 3 is 2.83 bits per heavy atom. The van der Waals surface area contributed by atoms with E-state index in [-0.39, 0.29) is 18.1 Å². The standard InChI is InChI=1S/C19H25NO3/c1-22-17-9-8-14(12-15(17)13-6-7-13)19(21)20-10-11-23-18-5-3-2-4-16(18)20/h8-9,12-13,16,18H,2-7,10-11H2,1H3/t16-,18+/m0/s1. The van der Waals surface area contributed by atoms with Gasteiger partial charge in [-0.3, -0.25) is 4.79 Å². The molecule has 4 heteroatoms. The van der Waals surface area contributed by atoms with Gasteiger partial charge in [-0.05, 0) is 55.4 Å². The summed E-state index contributed by atoms with van der Waals surface area (Å²) in [5.41, 5.74) is 2.01. The number of ether oxygens (including phenoxy) is 2. The van der Waals surface area contributed by atoms with Crippen LogP contribution in [0.25, 0.3) is 0 Å². The number of carbonyl (C=O) groups excluding carboxylic acids is 1. The average Bonchev–Trinajstić information content (AvgIpc) is 3.45. The van der Waals surface area contributed by atoms with Gasteiger partial charge in [0.2, 0.25) is 0 Å². The molecule has 0 bridgehead atoms. The van der Waals surface area contributed by atoms with Crippen molar-refractivity contribution in [2.24, 2.45) is 0 Å². The number of methoxy groups -OCH3 is 1. The predicted molar refractivity (Wildman–Crippen MR) is 88.0 cm³/mol. The molecule has 0 aromatic heterocycles. The molecule has 1 aromatic carbocycles. The number of morpholine rings is 1. The summed E-state index contributed by atoms with van der Waals surface area (Å²) in [4.78, 5) is 15.1. The molecule has 0 unspecified atom stereocenters. The fourth-order valence-corrected chi connectivity index (χ4v) is 4.10. The molecule has 1 saturated heterocycles. The minimum Gasteiger partial charge on any atom is -0.496 e. The van der Waals surface area contributed by atoms with Crippen LogP contribution in [-0.2, 0) is 4.74 Å². The maximum atomic E-state index is 13.1. The van der Waals surface area contributed by atoms with E-state index >= 15 is 0 Å². The van der Waals surface area contributed by atoms with Crippen LogP contribution in [0.15, 0.2) is 18.2 Å².